The SMILES string of the molecule is C#CNc1ccccc1-c1cccc(O)c1. The first-order chi connectivity index (χ1) is 7.81. The molecule has 2 nitrogen and oxygen atoms in total. The van der Waals surface area contributed by atoms with Crippen LogP contribution in [0, 0.1) is 12.5 Å². The summed E-state index contributed by atoms with van der Waals surface area (Å²) in [6.07, 6.45) is 5.23. The Hall–Kier alpha value is -2.40. The van der Waals surface area contributed by atoms with Crippen LogP contribution < -0.4 is 5.32 Å². The number of phenols is 1. The van der Waals surface area contributed by atoms with E-state index in [9.17, 15) is 5.11 Å². The third kappa shape index (κ3) is 1.99. The zero-order valence-corrected chi connectivity index (χ0v) is 8.64. The molecule has 16 heavy (non-hydrogen) atoms. The van der Waals surface area contributed by atoms with Crippen molar-refractivity contribution in [2.75, 3.05) is 5.32 Å². The maximum atomic E-state index is 9.43. The first kappa shape index (κ1) is 10.1. The third-order valence-electron chi connectivity index (χ3n) is 2.29. The van der Waals surface area contributed by atoms with Crippen molar-refractivity contribution in [3.8, 4) is 29.3 Å². The lowest BCUT2D eigenvalue weighted by atomic mass is 10.0. The average molecular weight is 209 g/mol. The van der Waals surface area contributed by atoms with Crippen LogP contribution in [-0.2, 0) is 0 Å². The number of anilines is 1. The maximum absolute atomic E-state index is 9.43. The van der Waals surface area contributed by atoms with Gasteiger partial charge in [0.05, 0.1) is 5.69 Å². The molecule has 0 aliphatic carbocycles. The quantitative estimate of drug-likeness (QED) is 0.588. The predicted molar refractivity (Wildman–Crippen MR) is 66.0 cm³/mol. The van der Waals surface area contributed by atoms with Crippen molar-refractivity contribution >= 4 is 5.69 Å². The van der Waals surface area contributed by atoms with Crippen molar-refractivity contribution in [3.05, 3.63) is 48.5 Å². The zero-order chi connectivity index (χ0) is 11.4. The number of para-hydroxylation sites is 1. The number of terminal acetylenes is 1. The van der Waals surface area contributed by atoms with Gasteiger partial charge >= 0.3 is 0 Å². The van der Waals surface area contributed by atoms with Gasteiger partial charge in [-0.05, 0) is 23.8 Å². The lowest BCUT2D eigenvalue weighted by molar-refractivity contribution is 0.475. The fourth-order valence-corrected chi connectivity index (χ4v) is 1.60. The van der Waals surface area contributed by atoms with Crippen LogP contribution >= 0.6 is 0 Å². The van der Waals surface area contributed by atoms with Crippen molar-refractivity contribution < 1.29 is 5.11 Å². The van der Waals surface area contributed by atoms with E-state index in [1.807, 2.05) is 30.3 Å². The minimum Gasteiger partial charge on any atom is -0.508 e. The first-order valence-electron chi connectivity index (χ1n) is 4.91. The van der Waals surface area contributed by atoms with Crippen LogP contribution in [0.15, 0.2) is 48.5 Å². The van der Waals surface area contributed by atoms with Crippen LogP contribution in [0.3, 0.4) is 0 Å². The Morgan fingerprint density at radius 1 is 1.06 bits per heavy atom. The van der Waals surface area contributed by atoms with Gasteiger partial charge < -0.3 is 10.4 Å². The molecule has 2 aromatic rings. The van der Waals surface area contributed by atoms with Gasteiger partial charge in [-0.1, -0.05) is 36.8 Å². The molecule has 0 heterocycles. The van der Waals surface area contributed by atoms with Crippen molar-refractivity contribution in [2.45, 2.75) is 0 Å². The second kappa shape index (κ2) is 4.41. The molecule has 0 aliphatic heterocycles. The molecule has 0 amide bonds. The van der Waals surface area contributed by atoms with Gasteiger partial charge in [-0.25, -0.2) is 0 Å². The smallest absolute Gasteiger partial charge is 0.116 e. The number of phenolic OH excluding ortho intramolecular Hbond substituents is 1. The lowest BCUT2D eigenvalue weighted by Crippen LogP contribution is -1.90. The summed E-state index contributed by atoms with van der Waals surface area (Å²) in [5.74, 6) is 0.244. The topological polar surface area (TPSA) is 32.3 Å². The number of hydrogen-bond acceptors (Lipinski definition) is 2. The largest absolute Gasteiger partial charge is 0.508 e. The molecular formula is C14H11NO. The summed E-state index contributed by atoms with van der Waals surface area (Å²) >= 11 is 0. The van der Waals surface area contributed by atoms with Gasteiger partial charge in [0.15, 0.2) is 0 Å². The van der Waals surface area contributed by atoms with Gasteiger partial charge in [-0.3, -0.25) is 0 Å². The molecule has 0 aromatic heterocycles. The van der Waals surface area contributed by atoms with Crippen LogP contribution in [0.2, 0.25) is 0 Å². The molecule has 2 rings (SSSR count). The Balaban J connectivity index is 2.52. The predicted octanol–water partition coefficient (Wildman–Crippen LogP) is 3.06. The molecule has 2 N–H and O–H groups in total. The van der Waals surface area contributed by atoms with E-state index >= 15 is 0 Å². The van der Waals surface area contributed by atoms with E-state index in [4.69, 9.17) is 6.42 Å². The highest BCUT2D eigenvalue weighted by Crippen LogP contribution is 2.29. The van der Waals surface area contributed by atoms with Gasteiger partial charge in [0.2, 0.25) is 0 Å². The van der Waals surface area contributed by atoms with E-state index in [1.54, 1.807) is 18.2 Å². The molecule has 0 spiro atoms. The van der Waals surface area contributed by atoms with Crippen molar-refractivity contribution in [3.63, 3.8) is 0 Å². The number of nitrogens with one attached hydrogen (secondary N) is 1. The van der Waals surface area contributed by atoms with Crippen LogP contribution in [0.5, 0.6) is 5.75 Å². The van der Waals surface area contributed by atoms with Crippen molar-refractivity contribution in [1.82, 2.24) is 0 Å². The van der Waals surface area contributed by atoms with E-state index in [0.717, 1.165) is 16.8 Å². The van der Waals surface area contributed by atoms with E-state index in [-0.39, 0.29) is 5.75 Å². The Morgan fingerprint density at radius 3 is 2.62 bits per heavy atom. The Bertz CT molecular complexity index is 540. The van der Waals surface area contributed by atoms with Gasteiger partial charge in [0, 0.05) is 11.6 Å². The van der Waals surface area contributed by atoms with Crippen LogP contribution in [0.25, 0.3) is 11.1 Å². The Labute approximate surface area is 94.6 Å². The van der Waals surface area contributed by atoms with E-state index in [1.165, 1.54) is 0 Å². The molecule has 0 fully saturated rings. The number of aromatic hydroxyl groups is 1. The standard InChI is InChI=1S/C14H11NO/c1-2-15-14-9-4-3-8-13(14)11-6-5-7-12(16)10-11/h1,3-10,15-16H. The number of benzene rings is 2. The average Bonchev–Trinajstić information content (AvgIpc) is 2.30. The molecule has 0 saturated heterocycles. The normalized spacial score (nSPS) is 9.44. The summed E-state index contributed by atoms with van der Waals surface area (Å²) < 4.78 is 0. The lowest BCUT2D eigenvalue weighted by Gasteiger charge is -2.08. The maximum Gasteiger partial charge on any atom is 0.116 e. The van der Waals surface area contributed by atoms with Crippen molar-refractivity contribution in [2.24, 2.45) is 0 Å². The number of rotatable bonds is 2. The molecule has 0 unspecified atom stereocenters. The first-order valence-corrected chi connectivity index (χ1v) is 4.91. The minimum atomic E-state index is 0.244. The molecular weight excluding hydrogens is 198 g/mol. The highest BCUT2D eigenvalue weighted by molar-refractivity contribution is 5.79. The summed E-state index contributed by atoms with van der Waals surface area (Å²) in [6, 6.07) is 17.2. The minimum absolute atomic E-state index is 0.244. The monoisotopic (exact) mass is 209 g/mol. The molecule has 0 aliphatic rings. The van der Waals surface area contributed by atoms with E-state index < -0.39 is 0 Å². The summed E-state index contributed by atoms with van der Waals surface area (Å²) in [5, 5.41) is 12.3. The third-order valence-corrected chi connectivity index (χ3v) is 2.29. The van der Waals surface area contributed by atoms with Crippen molar-refractivity contribution in [1.29, 1.82) is 0 Å². The highest BCUT2D eigenvalue weighted by Gasteiger charge is 2.03. The van der Waals surface area contributed by atoms with Crippen LogP contribution in [-0.4, -0.2) is 5.11 Å². The zero-order valence-electron chi connectivity index (χ0n) is 8.64. The van der Waals surface area contributed by atoms with Gasteiger partial charge in [0.1, 0.15) is 5.75 Å². The molecule has 0 saturated carbocycles. The molecule has 0 radical (unpaired) electrons. The van der Waals surface area contributed by atoms with E-state index in [0.29, 0.717) is 0 Å². The summed E-state index contributed by atoms with van der Waals surface area (Å²) in [4.78, 5) is 0. The molecule has 2 heteroatoms. The number of hydrogen-bond donors (Lipinski definition) is 2. The van der Waals surface area contributed by atoms with Gasteiger partial charge in [-0.15, -0.1) is 0 Å². The Kier molecular flexibility index (Phi) is 2.79. The second-order valence-electron chi connectivity index (χ2n) is 3.37. The molecule has 78 valence electrons. The van der Waals surface area contributed by atoms with Crippen LogP contribution in [0.1, 0.15) is 0 Å². The summed E-state index contributed by atoms with van der Waals surface area (Å²) in [5.41, 5.74) is 2.75. The fraction of sp³-hybridized carbons (Fsp3) is 0. The Morgan fingerprint density at radius 2 is 1.88 bits per heavy atom. The summed E-state index contributed by atoms with van der Waals surface area (Å²) in [7, 11) is 0. The van der Waals surface area contributed by atoms with Gasteiger partial charge in [0.25, 0.3) is 0 Å². The fourth-order valence-electron chi connectivity index (χ4n) is 1.60. The summed E-state index contributed by atoms with van der Waals surface area (Å²) in [6.45, 7) is 0. The molecule has 2 aromatic carbocycles. The molecule has 0 bridgehead atoms. The second-order valence-corrected chi connectivity index (χ2v) is 3.37. The molecule has 0 atom stereocenters. The van der Waals surface area contributed by atoms with Gasteiger partial charge in [-0.2, -0.15) is 0 Å². The van der Waals surface area contributed by atoms with E-state index in [2.05, 4.69) is 11.4 Å². The van der Waals surface area contributed by atoms with Crippen LogP contribution in [0.4, 0.5) is 5.69 Å². The highest BCUT2D eigenvalue weighted by atomic mass is 16.3.